The Morgan fingerprint density at radius 2 is 1.89 bits per heavy atom. The van der Waals surface area contributed by atoms with E-state index in [1.54, 1.807) is 18.2 Å². The lowest BCUT2D eigenvalue weighted by Gasteiger charge is -2.10. The Morgan fingerprint density at radius 1 is 1.15 bits per heavy atom. The molecule has 0 fully saturated rings. The van der Waals surface area contributed by atoms with Crippen LogP contribution in [0.1, 0.15) is 9.67 Å². The van der Waals surface area contributed by atoms with Gasteiger partial charge < -0.3 is 5.32 Å². The van der Waals surface area contributed by atoms with Crippen LogP contribution >= 0.6 is 58.4 Å². The summed E-state index contributed by atoms with van der Waals surface area (Å²) in [4.78, 5) is 23.1. The van der Waals surface area contributed by atoms with Crippen molar-refractivity contribution in [2.24, 2.45) is 0 Å². The molecule has 2 aromatic carbocycles. The molecule has 0 aliphatic carbocycles. The molecular weight excluding hydrogens is 453 g/mol. The first-order chi connectivity index (χ1) is 12.8. The van der Waals surface area contributed by atoms with Gasteiger partial charge in [0.25, 0.3) is 11.6 Å². The van der Waals surface area contributed by atoms with E-state index in [0.717, 1.165) is 4.70 Å². The van der Waals surface area contributed by atoms with Crippen molar-refractivity contribution in [2.45, 2.75) is 0 Å². The number of fused-ring (bicyclic) bond motifs is 1. The number of benzene rings is 2. The topological polar surface area (TPSA) is 84.3 Å². The van der Waals surface area contributed by atoms with Crippen LogP contribution in [0.5, 0.6) is 0 Å². The van der Waals surface area contributed by atoms with Crippen LogP contribution in [-0.4, -0.2) is 15.9 Å². The molecule has 0 atom stereocenters. The lowest BCUT2D eigenvalue weighted by atomic mass is 10.2. The summed E-state index contributed by atoms with van der Waals surface area (Å²) in [6.07, 6.45) is 0. The van der Waals surface area contributed by atoms with E-state index in [9.17, 15) is 14.9 Å². The number of nitrogens with one attached hydrogen (secondary N) is 2. The molecule has 27 heavy (non-hydrogen) atoms. The average Bonchev–Trinajstić information content (AvgIpc) is 2.92. The largest absolute Gasteiger partial charge is 0.331 e. The predicted octanol–water partition coefficient (Wildman–Crippen LogP) is 5.90. The summed E-state index contributed by atoms with van der Waals surface area (Å²) in [5.41, 5.74) is 0.0332. The number of non-ortho nitro benzene ring substituents is 1. The van der Waals surface area contributed by atoms with E-state index in [1.807, 2.05) is 0 Å². The Balaban J connectivity index is 1.79. The summed E-state index contributed by atoms with van der Waals surface area (Å²) >= 11 is 24.5. The Bertz CT molecular complexity index is 1100. The maximum atomic E-state index is 12.5. The number of nitro groups is 1. The molecule has 3 rings (SSSR count). The van der Waals surface area contributed by atoms with Gasteiger partial charge in [-0.2, -0.15) is 0 Å². The van der Waals surface area contributed by atoms with E-state index in [2.05, 4.69) is 10.6 Å². The van der Waals surface area contributed by atoms with Crippen LogP contribution in [0.25, 0.3) is 10.1 Å². The Kier molecular flexibility index (Phi) is 5.83. The summed E-state index contributed by atoms with van der Waals surface area (Å²) < 4.78 is 0.762. The van der Waals surface area contributed by atoms with Gasteiger partial charge in [0.2, 0.25) is 0 Å². The second kappa shape index (κ2) is 7.95. The lowest BCUT2D eigenvalue weighted by molar-refractivity contribution is -0.384. The van der Waals surface area contributed by atoms with E-state index in [0.29, 0.717) is 15.4 Å². The molecule has 0 unspecified atom stereocenters. The van der Waals surface area contributed by atoms with E-state index in [-0.39, 0.29) is 26.4 Å². The Hall–Kier alpha value is -1.97. The molecule has 1 heterocycles. The van der Waals surface area contributed by atoms with Crippen LogP contribution in [0.15, 0.2) is 36.4 Å². The second-order valence-corrected chi connectivity index (χ2v) is 7.90. The molecule has 0 saturated carbocycles. The number of halogens is 3. The van der Waals surface area contributed by atoms with Gasteiger partial charge in [0, 0.05) is 27.2 Å². The number of rotatable bonds is 3. The second-order valence-electron chi connectivity index (χ2n) is 5.22. The number of amides is 1. The molecule has 1 aromatic heterocycles. The van der Waals surface area contributed by atoms with E-state index >= 15 is 0 Å². The van der Waals surface area contributed by atoms with Crippen molar-refractivity contribution < 1.29 is 9.72 Å². The van der Waals surface area contributed by atoms with Gasteiger partial charge in [-0.1, -0.05) is 40.9 Å². The zero-order chi connectivity index (χ0) is 19.7. The van der Waals surface area contributed by atoms with Crippen LogP contribution in [-0.2, 0) is 0 Å². The quantitative estimate of drug-likeness (QED) is 0.289. The van der Waals surface area contributed by atoms with Gasteiger partial charge in [0.15, 0.2) is 5.11 Å². The summed E-state index contributed by atoms with van der Waals surface area (Å²) in [6, 6.07) is 8.96. The molecule has 6 nitrogen and oxygen atoms in total. The molecule has 138 valence electrons. The van der Waals surface area contributed by atoms with Gasteiger partial charge in [0.1, 0.15) is 4.88 Å². The van der Waals surface area contributed by atoms with E-state index < -0.39 is 10.8 Å². The maximum Gasteiger partial charge on any atom is 0.271 e. The molecule has 0 radical (unpaired) electrons. The summed E-state index contributed by atoms with van der Waals surface area (Å²) in [6.45, 7) is 0. The molecule has 0 saturated heterocycles. The van der Waals surface area contributed by atoms with Gasteiger partial charge >= 0.3 is 0 Å². The first-order valence-corrected chi connectivity index (χ1v) is 9.56. The predicted molar refractivity (Wildman–Crippen MR) is 114 cm³/mol. The molecule has 2 N–H and O–H groups in total. The van der Waals surface area contributed by atoms with Crippen LogP contribution in [0.2, 0.25) is 15.1 Å². The molecule has 0 spiro atoms. The number of carbonyl (C=O) groups excluding carboxylic acids is 1. The van der Waals surface area contributed by atoms with Crippen molar-refractivity contribution in [3.8, 4) is 0 Å². The highest BCUT2D eigenvalue weighted by atomic mass is 35.5. The number of thiophene rings is 1. The fourth-order valence-electron chi connectivity index (χ4n) is 2.22. The van der Waals surface area contributed by atoms with E-state index in [4.69, 9.17) is 47.0 Å². The number of carbonyl (C=O) groups is 1. The van der Waals surface area contributed by atoms with Crippen molar-refractivity contribution in [1.29, 1.82) is 0 Å². The molecule has 11 heteroatoms. The number of anilines is 1. The maximum absolute atomic E-state index is 12.5. The summed E-state index contributed by atoms with van der Waals surface area (Å²) in [7, 11) is 0. The fraction of sp³-hybridized carbons (Fsp3) is 0. The zero-order valence-corrected chi connectivity index (χ0v) is 17.0. The minimum Gasteiger partial charge on any atom is -0.331 e. The van der Waals surface area contributed by atoms with Crippen molar-refractivity contribution in [3.63, 3.8) is 0 Å². The van der Waals surface area contributed by atoms with Crippen LogP contribution in [0.3, 0.4) is 0 Å². The zero-order valence-electron chi connectivity index (χ0n) is 13.1. The molecular formula is C16H8Cl3N3O3S2. The van der Waals surface area contributed by atoms with E-state index in [1.165, 1.54) is 29.5 Å². The third-order valence-corrected chi connectivity index (χ3v) is 5.86. The van der Waals surface area contributed by atoms with Crippen LogP contribution < -0.4 is 10.6 Å². The van der Waals surface area contributed by atoms with Gasteiger partial charge in [-0.05, 0) is 30.4 Å². The SMILES string of the molecule is O=C(NC(=S)Nc1cc([N+](=O)[O-])ccc1Cl)c1sc2cc(Cl)ccc2c1Cl. The Labute approximate surface area is 177 Å². The van der Waals surface area contributed by atoms with Gasteiger partial charge in [-0.25, -0.2) is 0 Å². The summed E-state index contributed by atoms with van der Waals surface area (Å²) in [5, 5.41) is 17.7. The summed E-state index contributed by atoms with van der Waals surface area (Å²) in [5.74, 6) is -0.517. The highest BCUT2D eigenvalue weighted by Gasteiger charge is 2.19. The van der Waals surface area contributed by atoms with Crippen LogP contribution in [0, 0.1) is 10.1 Å². The normalized spacial score (nSPS) is 10.6. The highest BCUT2D eigenvalue weighted by molar-refractivity contribution is 7.80. The molecule has 0 aliphatic rings. The number of nitrogens with zero attached hydrogens (tertiary/aromatic N) is 1. The minimum atomic E-state index is -0.564. The number of thiocarbonyl (C=S) groups is 1. The van der Waals surface area contributed by atoms with Crippen LogP contribution in [0.4, 0.5) is 11.4 Å². The molecule has 0 aliphatic heterocycles. The molecule has 0 bridgehead atoms. The lowest BCUT2D eigenvalue weighted by Crippen LogP contribution is -2.33. The molecule has 3 aromatic rings. The Morgan fingerprint density at radius 3 is 2.59 bits per heavy atom. The molecule has 1 amide bonds. The third kappa shape index (κ3) is 4.31. The number of hydrogen-bond acceptors (Lipinski definition) is 5. The smallest absolute Gasteiger partial charge is 0.271 e. The van der Waals surface area contributed by atoms with Gasteiger partial charge in [0.05, 0.1) is 20.7 Å². The van der Waals surface area contributed by atoms with Gasteiger partial charge in [-0.15, -0.1) is 11.3 Å². The van der Waals surface area contributed by atoms with Crippen molar-refractivity contribution in [1.82, 2.24) is 5.32 Å². The number of nitro benzene ring substituents is 1. The highest BCUT2D eigenvalue weighted by Crippen LogP contribution is 2.36. The van der Waals surface area contributed by atoms with Gasteiger partial charge in [-0.3, -0.25) is 20.2 Å². The van der Waals surface area contributed by atoms with Crippen molar-refractivity contribution in [2.75, 3.05) is 5.32 Å². The fourth-order valence-corrected chi connectivity index (χ4v) is 4.28. The van der Waals surface area contributed by atoms with Crippen molar-refractivity contribution >= 4 is 90.8 Å². The number of hydrogen-bond donors (Lipinski definition) is 2. The minimum absolute atomic E-state index is 0.0750. The third-order valence-electron chi connectivity index (χ3n) is 3.43. The first-order valence-electron chi connectivity index (χ1n) is 7.20. The van der Waals surface area contributed by atoms with Crippen molar-refractivity contribution in [3.05, 3.63) is 66.5 Å². The monoisotopic (exact) mass is 459 g/mol. The first kappa shape index (κ1) is 19.8. The average molecular weight is 461 g/mol. The standard InChI is InChI=1S/C16H8Cl3N3O3S2/c17-7-1-3-9-12(5-7)27-14(13(9)19)15(23)21-16(26)20-11-6-8(22(24)25)2-4-10(11)18/h1-6H,(H2,20,21,23,26).